The second kappa shape index (κ2) is 9.71. The molecule has 0 amide bonds. The molecular formula is C27H36O4. The van der Waals surface area contributed by atoms with Crippen molar-refractivity contribution in [3.63, 3.8) is 0 Å². The maximum absolute atomic E-state index is 11.2. The second-order valence-electron chi connectivity index (χ2n) is 10.1. The number of benzene rings is 2. The number of fused-ring (bicyclic) bond motifs is 1. The number of allylic oxidation sites excluding steroid dienone is 1. The van der Waals surface area contributed by atoms with E-state index in [-0.39, 0.29) is 22.0 Å². The number of carbonyl (C=O) groups is 2. The Labute approximate surface area is 186 Å². The summed E-state index contributed by atoms with van der Waals surface area (Å²) in [6, 6.07) is 14.7. The van der Waals surface area contributed by atoms with Crippen molar-refractivity contribution in [2.75, 3.05) is 0 Å². The first kappa shape index (κ1) is 26.5. The summed E-state index contributed by atoms with van der Waals surface area (Å²) in [5.74, 6) is -4.76. The molecule has 2 aromatic rings. The van der Waals surface area contributed by atoms with Gasteiger partial charge in [0.2, 0.25) is 11.6 Å². The zero-order chi connectivity index (χ0) is 24.2. The molecule has 0 bridgehead atoms. The van der Waals surface area contributed by atoms with E-state index in [9.17, 15) is 9.59 Å². The van der Waals surface area contributed by atoms with Crippen molar-refractivity contribution >= 4 is 11.6 Å². The standard InChI is InChI=1S/C14H22.C9H6O4.C4H8/c1-13(2,3)11-9-7-8-10-12(11)14(4,5)6;10-7-5-3-1-2-4-6(5)8(11)9(7,12)13;1-4(2)3/h7-10H,1-6H3;1-4,12-13H;1H2,2-3H3. The van der Waals surface area contributed by atoms with E-state index in [1.54, 1.807) is 12.1 Å². The Kier molecular flexibility index (Phi) is 8.30. The summed E-state index contributed by atoms with van der Waals surface area (Å²) in [7, 11) is 0. The molecule has 168 valence electrons. The number of Topliss-reactive ketones (excluding diaryl/α,β-unsaturated/α-hetero) is 2. The molecular weight excluding hydrogens is 388 g/mol. The molecule has 0 saturated heterocycles. The van der Waals surface area contributed by atoms with Gasteiger partial charge in [-0.1, -0.05) is 95.6 Å². The van der Waals surface area contributed by atoms with Gasteiger partial charge in [-0.25, -0.2) is 0 Å². The van der Waals surface area contributed by atoms with Crippen molar-refractivity contribution in [1.29, 1.82) is 0 Å². The molecule has 2 N–H and O–H groups in total. The minimum atomic E-state index is -2.86. The summed E-state index contributed by atoms with van der Waals surface area (Å²) in [5.41, 5.74) is 4.71. The highest BCUT2D eigenvalue weighted by Gasteiger charge is 2.50. The van der Waals surface area contributed by atoms with Crippen LogP contribution in [0.3, 0.4) is 0 Å². The number of carbonyl (C=O) groups excluding carboxylic acids is 2. The van der Waals surface area contributed by atoms with Gasteiger partial charge in [0, 0.05) is 11.1 Å². The average molecular weight is 425 g/mol. The number of hydrogen-bond donors (Lipinski definition) is 2. The maximum Gasteiger partial charge on any atom is 0.295 e. The topological polar surface area (TPSA) is 74.6 Å². The molecule has 0 fully saturated rings. The Bertz CT molecular complexity index is 880. The van der Waals surface area contributed by atoms with Crippen molar-refractivity contribution in [3.8, 4) is 0 Å². The largest absolute Gasteiger partial charge is 0.353 e. The summed E-state index contributed by atoms with van der Waals surface area (Å²) in [4.78, 5) is 22.4. The lowest BCUT2D eigenvalue weighted by atomic mass is 9.75. The van der Waals surface area contributed by atoms with E-state index in [0.29, 0.717) is 0 Å². The predicted octanol–water partition coefficient (Wildman–Crippen LogP) is 5.61. The van der Waals surface area contributed by atoms with Crippen molar-refractivity contribution in [2.24, 2.45) is 0 Å². The van der Waals surface area contributed by atoms with E-state index in [0.717, 1.165) is 0 Å². The van der Waals surface area contributed by atoms with Gasteiger partial charge in [-0.2, -0.15) is 0 Å². The highest BCUT2D eigenvalue weighted by molar-refractivity contribution is 6.30. The monoisotopic (exact) mass is 424 g/mol. The number of ketones is 2. The van der Waals surface area contributed by atoms with Crippen LogP contribution in [0, 0.1) is 0 Å². The lowest BCUT2D eigenvalue weighted by Crippen LogP contribution is -2.40. The summed E-state index contributed by atoms with van der Waals surface area (Å²) in [6.07, 6.45) is 0. The Morgan fingerprint density at radius 1 is 0.710 bits per heavy atom. The molecule has 0 spiro atoms. The summed E-state index contributed by atoms with van der Waals surface area (Å²) in [6.45, 7) is 21.2. The van der Waals surface area contributed by atoms with Gasteiger partial charge < -0.3 is 10.2 Å². The molecule has 2 aromatic carbocycles. The van der Waals surface area contributed by atoms with Crippen LogP contribution in [0.4, 0.5) is 0 Å². The van der Waals surface area contributed by atoms with E-state index in [2.05, 4.69) is 72.4 Å². The van der Waals surface area contributed by atoms with Crippen LogP contribution in [-0.4, -0.2) is 27.6 Å². The first-order valence-electron chi connectivity index (χ1n) is 10.4. The minimum absolute atomic E-state index is 0.0671. The summed E-state index contributed by atoms with van der Waals surface area (Å²) < 4.78 is 0. The van der Waals surface area contributed by atoms with Crippen LogP contribution in [0.15, 0.2) is 60.7 Å². The zero-order valence-corrected chi connectivity index (χ0v) is 20.0. The second-order valence-corrected chi connectivity index (χ2v) is 10.1. The van der Waals surface area contributed by atoms with E-state index >= 15 is 0 Å². The van der Waals surface area contributed by atoms with Gasteiger partial charge in [-0.15, -0.1) is 6.58 Å². The Morgan fingerprint density at radius 2 is 0.968 bits per heavy atom. The van der Waals surface area contributed by atoms with Gasteiger partial charge in [-0.05, 0) is 35.8 Å². The summed E-state index contributed by atoms with van der Waals surface area (Å²) >= 11 is 0. The fraction of sp³-hybridized carbons (Fsp3) is 0.407. The lowest BCUT2D eigenvalue weighted by molar-refractivity contribution is -0.0857. The van der Waals surface area contributed by atoms with E-state index in [1.165, 1.54) is 28.8 Å². The maximum atomic E-state index is 11.2. The SMILES string of the molecule is C=C(C)C.CC(C)(C)c1ccccc1C(C)(C)C.O=C1c2ccccc2C(=O)C1(O)O. The van der Waals surface area contributed by atoms with Crippen molar-refractivity contribution in [2.45, 2.75) is 72.0 Å². The fourth-order valence-electron chi connectivity index (χ4n) is 3.15. The van der Waals surface area contributed by atoms with Gasteiger partial charge in [0.05, 0.1) is 0 Å². The smallest absolute Gasteiger partial charge is 0.295 e. The molecule has 1 aliphatic carbocycles. The van der Waals surface area contributed by atoms with E-state index in [1.807, 2.05) is 13.8 Å². The van der Waals surface area contributed by atoms with Crippen LogP contribution < -0.4 is 0 Å². The third-order valence-electron chi connectivity index (χ3n) is 4.59. The Hall–Kier alpha value is -2.56. The number of aliphatic hydroxyl groups is 2. The predicted molar refractivity (Wildman–Crippen MR) is 127 cm³/mol. The molecule has 0 aromatic heterocycles. The van der Waals surface area contributed by atoms with Gasteiger partial charge in [0.15, 0.2) is 0 Å². The van der Waals surface area contributed by atoms with Crippen molar-refractivity contribution < 1.29 is 19.8 Å². The normalized spacial score (nSPS) is 14.6. The quantitative estimate of drug-likeness (QED) is 0.327. The number of hydrogen-bond acceptors (Lipinski definition) is 4. The molecule has 3 rings (SSSR count). The van der Waals surface area contributed by atoms with Crippen LogP contribution in [-0.2, 0) is 10.8 Å². The van der Waals surface area contributed by atoms with Gasteiger partial charge in [0.1, 0.15) is 0 Å². The van der Waals surface area contributed by atoms with Crippen LogP contribution in [0.25, 0.3) is 0 Å². The third-order valence-corrected chi connectivity index (χ3v) is 4.59. The number of rotatable bonds is 0. The van der Waals surface area contributed by atoms with E-state index in [4.69, 9.17) is 10.2 Å². The van der Waals surface area contributed by atoms with Crippen LogP contribution in [0.2, 0.25) is 0 Å². The molecule has 1 aliphatic rings. The van der Waals surface area contributed by atoms with Gasteiger partial charge >= 0.3 is 0 Å². The molecule has 31 heavy (non-hydrogen) atoms. The lowest BCUT2D eigenvalue weighted by Gasteiger charge is -2.29. The average Bonchev–Trinajstić information content (AvgIpc) is 2.81. The van der Waals surface area contributed by atoms with Gasteiger partial charge in [0.25, 0.3) is 5.79 Å². The fourth-order valence-corrected chi connectivity index (χ4v) is 3.15. The highest BCUT2D eigenvalue weighted by atomic mass is 16.5. The highest BCUT2D eigenvalue weighted by Crippen LogP contribution is 2.33. The van der Waals surface area contributed by atoms with Crippen LogP contribution in [0.5, 0.6) is 0 Å². The third kappa shape index (κ3) is 6.71. The molecule has 0 aliphatic heterocycles. The Morgan fingerprint density at radius 3 is 1.23 bits per heavy atom. The molecule has 4 heteroatoms. The molecule has 0 atom stereocenters. The van der Waals surface area contributed by atoms with Gasteiger partial charge in [-0.3, -0.25) is 9.59 Å². The molecule has 0 saturated carbocycles. The zero-order valence-electron chi connectivity index (χ0n) is 20.0. The van der Waals surface area contributed by atoms with Crippen molar-refractivity contribution in [1.82, 2.24) is 0 Å². The van der Waals surface area contributed by atoms with Crippen LogP contribution in [0.1, 0.15) is 87.2 Å². The molecule has 0 heterocycles. The van der Waals surface area contributed by atoms with E-state index < -0.39 is 17.4 Å². The first-order chi connectivity index (χ1) is 14.0. The minimum Gasteiger partial charge on any atom is -0.353 e. The van der Waals surface area contributed by atoms with Crippen LogP contribution >= 0.6 is 0 Å². The molecule has 4 nitrogen and oxygen atoms in total. The molecule has 0 unspecified atom stereocenters. The first-order valence-corrected chi connectivity index (χ1v) is 10.4. The molecule has 0 radical (unpaired) electrons. The van der Waals surface area contributed by atoms with Crippen molar-refractivity contribution in [3.05, 3.63) is 82.9 Å². The summed E-state index contributed by atoms with van der Waals surface area (Å²) in [5, 5.41) is 18.2. The Balaban J connectivity index is 0.000000265.